The van der Waals surface area contributed by atoms with Crippen molar-refractivity contribution in [3.8, 4) is 0 Å². The van der Waals surface area contributed by atoms with Crippen molar-refractivity contribution in [1.29, 1.82) is 0 Å². The zero-order valence-corrected chi connectivity index (χ0v) is 11.3. The minimum absolute atomic E-state index is 0.0839. The Hall–Kier alpha value is -1.39. The summed E-state index contributed by atoms with van der Waals surface area (Å²) in [7, 11) is 1.67. The van der Waals surface area contributed by atoms with Crippen LogP contribution in [-0.4, -0.2) is 30.9 Å². The van der Waals surface area contributed by atoms with E-state index in [1.54, 1.807) is 7.05 Å². The van der Waals surface area contributed by atoms with Crippen LogP contribution in [0.2, 0.25) is 0 Å². The molecule has 4 nitrogen and oxygen atoms in total. The van der Waals surface area contributed by atoms with Crippen LogP contribution < -0.4 is 11.1 Å². The van der Waals surface area contributed by atoms with Crippen LogP contribution in [-0.2, 0) is 17.9 Å². The summed E-state index contributed by atoms with van der Waals surface area (Å²) in [5, 5.41) is 2.65. The number of hydrogen-bond acceptors (Lipinski definition) is 3. The highest BCUT2D eigenvalue weighted by Gasteiger charge is 2.08. The smallest absolute Gasteiger partial charge is 0.221 e. The third kappa shape index (κ3) is 4.47. The first-order valence-corrected chi connectivity index (χ1v) is 6.41. The van der Waals surface area contributed by atoms with Crippen molar-refractivity contribution in [2.45, 2.75) is 26.4 Å². The normalized spacial score (nSPS) is 10.7. The van der Waals surface area contributed by atoms with Crippen LogP contribution in [0.15, 0.2) is 24.3 Å². The van der Waals surface area contributed by atoms with Gasteiger partial charge in [-0.3, -0.25) is 9.69 Å². The summed E-state index contributed by atoms with van der Waals surface area (Å²) in [6.45, 7) is 5.21. The molecule has 1 rings (SSSR count). The van der Waals surface area contributed by atoms with Crippen molar-refractivity contribution in [2.75, 3.05) is 20.1 Å². The van der Waals surface area contributed by atoms with Gasteiger partial charge in [0.15, 0.2) is 0 Å². The fourth-order valence-corrected chi connectivity index (χ4v) is 1.89. The van der Waals surface area contributed by atoms with Crippen LogP contribution in [0, 0.1) is 0 Å². The SMILES string of the molecule is CCN(CCC(=O)NC)Cc1ccccc1CN. The fourth-order valence-electron chi connectivity index (χ4n) is 1.89. The number of nitrogens with two attached hydrogens (primary N) is 1. The molecule has 0 radical (unpaired) electrons. The second-order valence-corrected chi connectivity index (χ2v) is 4.26. The largest absolute Gasteiger partial charge is 0.359 e. The molecule has 0 fully saturated rings. The van der Waals surface area contributed by atoms with Crippen molar-refractivity contribution in [3.63, 3.8) is 0 Å². The van der Waals surface area contributed by atoms with Crippen LogP contribution >= 0.6 is 0 Å². The van der Waals surface area contributed by atoms with Gasteiger partial charge in [0.25, 0.3) is 0 Å². The minimum atomic E-state index is 0.0839. The molecule has 1 aromatic rings. The number of rotatable bonds is 7. The molecule has 4 heteroatoms. The molecule has 0 aliphatic carbocycles. The molecule has 3 N–H and O–H groups in total. The maximum atomic E-state index is 11.2. The lowest BCUT2D eigenvalue weighted by atomic mass is 10.1. The second-order valence-electron chi connectivity index (χ2n) is 4.26. The molecule has 0 heterocycles. The zero-order chi connectivity index (χ0) is 13.4. The topological polar surface area (TPSA) is 58.4 Å². The highest BCUT2D eigenvalue weighted by molar-refractivity contribution is 5.75. The lowest BCUT2D eigenvalue weighted by Crippen LogP contribution is -2.29. The lowest BCUT2D eigenvalue weighted by molar-refractivity contribution is -0.120. The van der Waals surface area contributed by atoms with Gasteiger partial charge in [-0.1, -0.05) is 31.2 Å². The molecule has 1 aromatic carbocycles. The van der Waals surface area contributed by atoms with Crippen molar-refractivity contribution < 1.29 is 4.79 Å². The third-order valence-electron chi connectivity index (χ3n) is 3.11. The van der Waals surface area contributed by atoms with Gasteiger partial charge in [0.2, 0.25) is 5.91 Å². The van der Waals surface area contributed by atoms with E-state index in [-0.39, 0.29) is 5.91 Å². The average molecular weight is 249 g/mol. The summed E-state index contributed by atoms with van der Waals surface area (Å²) in [5.41, 5.74) is 8.15. The highest BCUT2D eigenvalue weighted by atomic mass is 16.1. The number of nitrogens with one attached hydrogen (secondary N) is 1. The van der Waals surface area contributed by atoms with Crippen LogP contribution in [0.3, 0.4) is 0 Å². The van der Waals surface area contributed by atoms with Gasteiger partial charge in [-0.15, -0.1) is 0 Å². The van der Waals surface area contributed by atoms with Gasteiger partial charge >= 0.3 is 0 Å². The molecule has 0 saturated heterocycles. The van der Waals surface area contributed by atoms with E-state index in [1.807, 2.05) is 12.1 Å². The number of amides is 1. The van der Waals surface area contributed by atoms with Crippen LogP contribution in [0.25, 0.3) is 0 Å². The molecule has 0 saturated carbocycles. The summed E-state index contributed by atoms with van der Waals surface area (Å²) < 4.78 is 0. The Labute approximate surface area is 109 Å². The Kier molecular flexibility index (Phi) is 6.39. The molecule has 100 valence electrons. The van der Waals surface area contributed by atoms with E-state index < -0.39 is 0 Å². The molecule has 18 heavy (non-hydrogen) atoms. The number of carbonyl (C=O) groups is 1. The van der Waals surface area contributed by atoms with Gasteiger partial charge in [-0.25, -0.2) is 0 Å². The van der Waals surface area contributed by atoms with Gasteiger partial charge in [0.1, 0.15) is 0 Å². The van der Waals surface area contributed by atoms with Gasteiger partial charge in [-0.05, 0) is 17.7 Å². The van der Waals surface area contributed by atoms with E-state index >= 15 is 0 Å². The number of nitrogens with zero attached hydrogens (tertiary/aromatic N) is 1. The predicted octanol–water partition coefficient (Wildman–Crippen LogP) is 1.10. The molecule has 0 spiro atoms. The first-order chi connectivity index (χ1) is 8.71. The van der Waals surface area contributed by atoms with E-state index in [1.165, 1.54) is 11.1 Å². The molecule has 0 bridgehead atoms. The first kappa shape index (κ1) is 14.7. The summed E-state index contributed by atoms with van der Waals surface area (Å²) >= 11 is 0. The summed E-state index contributed by atoms with van der Waals surface area (Å²) in [6, 6.07) is 8.19. The molecule has 0 atom stereocenters. The van der Waals surface area contributed by atoms with Crippen molar-refractivity contribution in [2.24, 2.45) is 5.73 Å². The molecular weight excluding hydrogens is 226 g/mol. The highest BCUT2D eigenvalue weighted by Crippen LogP contribution is 2.11. The van der Waals surface area contributed by atoms with E-state index in [9.17, 15) is 4.79 Å². The third-order valence-corrected chi connectivity index (χ3v) is 3.11. The maximum absolute atomic E-state index is 11.2. The molecule has 0 unspecified atom stereocenters. The van der Waals surface area contributed by atoms with E-state index in [0.717, 1.165) is 19.6 Å². The van der Waals surface area contributed by atoms with E-state index in [0.29, 0.717) is 13.0 Å². The van der Waals surface area contributed by atoms with Crippen LogP contribution in [0.1, 0.15) is 24.5 Å². The summed E-state index contributed by atoms with van der Waals surface area (Å²) in [6.07, 6.45) is 0.537. The minimum Gasteiger partial charge on any atom is -0.359 e. The van der Waals surface area contributed by atoms with Gasteiger partial charge < -0.3 is 11.1 Å². The number of hydrogen-bond donors (Lipinski definition) is 2. The Balaban J connectivity index is 2.59. The molecule has 1 amide bonds. The maximum Gasteiger partial charge on any atom is 0.221 e. The predicted molar refractivity (Wildman–Crippen MR) is 74.0 cm³/mol. The zero-order valence-electron chi connectivity index (χ0n) is 11.3. The first-order valence-electron chi connectivity index (χ1n) is 6.41. The summed E-state index contributed by atoms with van der Waals surface area (Å²) in [5.74, 6) is 0.0839. The Morgan fingerprint density at radius 1 is 1.33 bits per heavy atom. The van der Waals surface area contributed by atoms with Gasteiger partial charge in [-0.2, -0.15) is 0 Å². The average Bonchev–Trinajstić information content (AvgIpc) is 2.43. The van der Waals surface area contributed by atoms with Gasteiger partial charge in [0, 0.05) is 33.1 Å². The second kappa shape index (κ2) is 7.84. The molecular formula is C14H23N3O. The van der Waals surface area contributed by atoms with Crippen molar-refractivity contribution >= 4 is 5.91 Å². The van der Waals surface area contributed by atoms with Crippen molar-refractivity contribution in [1.82, 2.24) is 10.2 Å². The van der Waals surface area contributed by atoms with Crippen LogP contribution in [0.4, 0.5) is 0 Å². The molecule has 0 aliphatic heterocycles. The fraction of sp³-hybridized carbons (Fsp3) is 0.500. The molecule has 0 aliphatic rings. The standard InChI is InChI=1S/C14H23N3O/c1-3-17(9-8-14(18)16-2)11-13-7-5-4-6-12(13)10-15/h4-7H,3,8-11,15H2,1-2H3,(H,16,18). The number of carbonyl (C=O) groups excluding carboxylic acids is 1. The molecule has 0 aromatic heterocycles. The quantitative estimate of drug-likeness (QED) is 0.761. The Morgan fingerprint density at radius 3 is 2.56 bits per heavy atom. The van der Waals surface area contributed by atoms with Gasteiger partial charge in [0.05, 0.1) is 0 Å². The van der Waals surface area contributed by atoms with Crippen molar-refractivity contribution in [3.05, 3.63) is 35.4 Å². The summed E-state index contributed by atoms with van der Waals surface area (Å²) in [4.78, 5) is 13.5. The van der Waals surface area contributed by atoms with Crippen LogP contribution in [0.5, 0.6) is 0 Å². The lowest BCUT2D eigenvalue weighted by Gasteiger charge is -2.21. The Bertz CT molecular complexity index is 379. The van der Waals surface area contributed by atoms with E-state index in [4.69, 9.17) is 5.73 Å². The number of benzene rings is 1. The Morgan fingerprint density at radius 2 is 2.00 bits per heavy atom. The monoisotopic (exact) mass is 249 g/mol. The van der Waals surface area contributed by atoms with E-state index in [2.05, 4.69) is 29.3 Å².